The highest BCUT2D eigenvalue weighted by molar-refractivity contribution is 5.88. The highest BCUT2D eigenvalue weighted by Crippen LogP contribution is 2.52. The van der Waals surface area contributed by atoms with Gasteiger partial charge in [0.05, 0.1) is 6.93 Å². The van der Waals surface area contributed by atoms with E-state index >= 15 is 0 Å². The van der Waals surface area contributed by atoms with Gasteiger partial charge in [-0.15, -0.1) is 0 Å². The largest absolute Gasteiger partial charge is 0.212 e. The van der Waals surface area contributed by atoms with E-state index in [9.17, 15) is 0 Å². The standard InChI is InChI=1S/C23H24N/c1-15-10-13-20(24(5)14-15)21-16(2)11-12-18-17-8-6-7-9-19(17)23(3,4)22(18)21/h6-14H,1-5H3/q+1/i12D. The van der Waals surface area contributed by atoms with Crippen LogP contribution in [-0.2, 0) is 12.5 Å². The Morgan fingerprint density at radius 3 is 2.46 bits per heavy atom. The second kappa shape index (κ2) is 5.04. The van der Waals surface area contributed by atoms with Gasteiger partial charge in [-0.25, -0.2) is 4.57 Å². The molecule has 1 aliphatic carbocycles. The number of hydrogen-bond donors (Lipinski definition) is 0. The fraction of sp³-hybridized carbons (Fsp3) is 0.261. The number of nitrogens with zero attached hydrogens (tertiary/aromatic N) is 1. The summed E-state index contributed by atoms with van der Waals surface area (Å²) in [4.78, 5) is 0. The summed E-state index contributed by atoms with van der Waals surface area (Å²) in [7, 11) is 2.11. The molecule has 1 heteroatoms. The molecule has 0 bridgehead atoms. The number of fused-ring (bicyclic) bond motifs is 3. The van der Waals surface area contributed by atoms with Gasteiger partial charge < -0.3 is 0 Å². The molecule has 0 N–H and O–H groups in total. The molecule has 120 valence electrons. The average molecular weight is 315 g/mol. The van der Waals surface area contributed by atoms with E-state index in [1.807, 2.05) is 6.07 Å². The Kier molecular flexibility index (Phi) is 2.94. The van der Waals surface area contributed by atoms with Gasteiger partial charge in [-0.2, -0.15) is 0 Å². The van der Waals surface area contributed by atoms with Crippen molar-refractivity contribution in [3.63, 3.8) is 0 Å². The van der Waals surface area contributed by atoms with Crippen LogP contribution in [0, 0.1) is 13.8 Å². The maximum atomic E-state index is 8.64. The van der Waals surface area contributed by atoms with Crippen molar-refractivity contribution in [2.75, 3.05) is 0 Å². The Labute approximate surface area is 146 Å². The minimum absolute atomic E-state index is 0.110. The van der Waals surface area contributed by atoms with Crippen molar-refractivity contribution in [2.45, 2.75) is 33.1 Å². The predicted molar refractivity (Wildman–Crippen MR) is 100 cm³/mol. The van der Waals surface area contributed by atoms with Crippen LogP contribution < -0.4 is 4.57 Å². The second-order valence-corrected chi connectivity index (χ2v) is 7.47. The summed E-state index contributed by atoms with van der Waals surface area (Å²) < 4.78 is 10.8. The number of aryl methyl sites for hydroxylation is 3. The molecule has 1 heterocycles. The van der Waals surface area contributed by atoms with Crippen molar-refractivity contribution in [1.29, 1.82) is 0 Å². The fourth-order valence-electron chi connectivity index (χ4n) is 4.20. The zero-order valence-corrected chi connectivity index (χ0v) is 15.1. The van der Waals surface area contributed by atoms with Gasteiger partial charge in [0.25, 0.3) is 0 Å². The molecule has 4 rings (SSSR count). The van der Waals surface area contributed by atoms with E-state index in [0.29, 0.717) is 6.04 Å². The van der Waals surface area contributed by atoms with Crippen LogP contribution in [0.2, 0.25) is 0 Å². The van der Waals surface area contributed by atoms with Gasteiger partial charge in [0.15, 0.2) is 6.20 Å². The summed E-state index contributed by atoms with van der Waals surface area (Å²) in [6, 6.07) is 15.6. The van der Waals surface area contributed by atoms with Gasteiger partial charge in [-0.1, -0.05) is 50.2 Å². The van der Waals surface area contributed by atoms with E-state index in [4.69, 9.17) is 1.37 Å². The topological polar surface area (TPSA) is 3.88 Å². The van der Waals surface area contributed by atoms with Crippen molar-refractivity contribution in [1.82, 2.24) is 0 Å². The summed E-state index contributed by atoms with van der Waals surface area (Å²) in [5, 5.41) is 0. The van der Waals surface area contributed by atoms with Gasteiger partial charge in [-0.3, -0.25) is 0 Å². The summed E-state index contributed by atoms with van der Waals surface area (Å²) in [6.45, 7) is 8.82. The third-order valence-corrected chi connectivity index (χ3v) is 5.36. The van der Waals surface area contributed by atoms with Crippen molar-refractivity contribution in [3.05, 3.63) is 77.0 Å². The van der Waals surface area contributed by atoms with Gasteiger partial charge in [-0.05, 0) is 47.7 Å². The first-order valence-electron chi connectivity index (χ1n) is 9.03. The molecule has 1 aromatic heterocycles. The normalized spacial score (nSPS) is 15.0. The Bertz CT molecular complexity index is 1010. The minimum atomic E-state index is -0.110. The van der Waals surface area contributed by atoms with Crippen LogP contribution >= 0.6 is 0 Å². The zero-order valence-electron chi connectivity index (χ0n) is 16.1. The molecule has 3 aromatic rings. The quantitative estimate of drug-likeness (QED) is 0.550. The van der Waals surface area contributed by atoms with Crippen LogP contribution in [0.25, 0.3) is 22.4 Å². The molecule has 1 aliphatic rings. The lowest BCUT2D eigenvalue weighted by molar-refractivity contribution is -0.660. The highest BCUT2D eigenvalue weighted by Gasteiger charge is 2.39. The van der Waals surface area contributed by atoms with E-state index in [0.717, 1.165) is 5.56 Å². The molecular weight excluding hydrogens is 290 g/mol. The van der Waals surface area contributed by atoms with Crippen LogP contribution in [0.3, 0.4) is 0 Å². The van der Waals surface area contributed by atoms with Crippen LogP contribution in [0.1, 0.15) is 37.5 Å². The Balaban J connectivity index is 2.14. The van der Waals surface area contributed by atoms with Crippen LogP contribution in [-0.4, -0.2) is 0 Å². The lowest BCUT2D eigenvalue weighted by Crippen LogP contribution is -2.32. The number of benzene rings is 2. The van der Waals surface area contributed by atoms with E-state index in [2.05, 4.69) is 81.9 Å². The minimum Gasteiger partial charge on any atom is -0.201 e. The molecule has 0 aliphatic heterocycles. The van der Waals surface area contributed by atoms with Crippen LogP contribution in [0.15, 0.2) is 54.7 Å². The Morgan fingerprint density at radius 2 is 1.71 bits per heavy atom. The number of rotatable bonds is 1. The maximum absolute atomic E-state index is 8.64. The van der Waals surface area contributed by atoms with Gasteiger partial charge >= 0.3 is 0 Å². The third kappa shape index (κ3) is 1.97. The maximum Gasteiger partial charge on any atom is 0.212 e. The molecule has 24 heavy (non-hydrogen) atoms. The lowest BCUT2D eigenvalue weighted by Gasteiger charge is -2.24. The summed E-state index contributed by atoms with van der Waals surface area (Å²) in [5.41, 5.74) is 9.71. The van der Waals surface area contributed by atoms with Crippen molar-refractivity contribution >= 4 is 0 Å². The number of hydrogen-bond acceptors (Lipinski definition) is 0. The molecule has 0 saturated heterocycles. The number of aromatic nitrogens is 1. The van der Waals surface area contributed by atoms with Gasteiger partial charge in [0.2, 0.25) is 5.69 Å². The van der Waals surface area contributed by atoms with E-state index in [-0.39, 0.29) is 5.41 Å². The molecule has 0 fully saturated rings. The van der Waals surface area contributed by atoms with E-state index in [1.54, 1.807) is 0 Å². The molecule has 0 spiro atoms. The molecular formula is C23H24N+. The zero-order chi connectivity index (χ0) is 17.9. The highest BCUT2D eigenvalue weighted by atomic mass is 14.9. The SMILES string of the molecule is [2H]c1cc(C)c(-c2ccc(C)c[n+]2C)c2c1-c1ccccc1C2(C)C. The molecule has 0 atom stereocenters. The fourth-order valence-corrected chi connectivity index (χ4v) is 4.20. The predicted octanol–water partition coefficient (Wildman–Crippen LogP) is 5.10. The molecule has 2 aromatic carbocycles. The monoisotopic (exact) mass is 315 g/mol. The van der Waals surface area contributed by atoms with Crippen molar-refractivity contribution in [3.8, 4) is 22.4 Å². The van der Waals surface area contributed by atoms with Crippen molar-refractivity contribution in [2.24, 2.45) is 7.05 Å². The van der Waals surface area contributed by atoms with Crippen molar-refractivity contribution < 1.29 is 5.94 Å². The molecule has 0 unspecified atom stereocenters. The van der Waals surface area contributed by atoms with Gasteiger partial charge in [0.1, 0.15) is 7.05 Å². The average Bonchev–Trinajstić information content (AvgIpc) is 2.78. The first kappa shape index (κ1) is 14.0. The second-order valence-electron chi connectivity index (χ2n) is 7.47. The smallest absolute Gasteiger partial charge is 0.201 e. The summed E-state index contributed by atoms with van der Waals surface area (Å²) in [5.74, 6) is 0. The molecule has 1 nitrogen and oxygen atoms in total. The molecule has 0 radical (unpaired) electrons. The van der Waals surface area contributed by atoms with Crippen LogP contribution in [0.4, 0.5) is 0 Å². The van der Waals surface area contributed by atoms with E-state index in [1.165, 1.54) is 39.1 Å². The molecule has 0 amide bonds. The third-order valence-electron chi connectivity index (χ3n) is 5.36. The first-order valence-corrected chi connectivity index (χ1v) is 8.53. The van der Waals surface area contributed by atoms with E-state index < -0.39 is 0 Å². The van der Waals surface area contributed by atoms with Crippen LogP contribution in [0.5, 0.6) is 0 Å². The molecule has 0 saturated carbocycles. The number of pyridine rings is 1. The first-order chi connectivity index (χ1) is 11.8. The summed E-state index contributed by atoms with van der Waals surface area (Å²) >= 11 is 0. The van der Waals surface area contributed by atoms with Gasteiger partial charge in [0, 0.05) is 17.0 Å². The Morgan fingerprint density at radius 1 is 0.958 bits per heavy atom. The Hall–Kier alpha value is -2.41. The lowest BCUT2D eigenvalue weighted by atomic mass is 9.78. The summed E-state index contributed by atoms with van der Waals surface area (Å²) in [6.07, 6.45) is 2.17.